The molecular formula is C11H20IN3. The van der Waals surface area contributed by atoms with Crippen molar-refractivity contribution < 1.29 is 0 Å². The molecule has 0 amide bonds. The Morgan fingerprint density at radius 1 is 1.53 bits per heavy atom. The van der Waals surface area contributed by atoms with E-state index in [2.05, 4.69) is 53.1 Å². The van der Waals surface area contributed by atoms with Gasteiger partial charge in [0.05, 0.1) is 15.8 Å². The number of nitrogens with one attached hydrogen (secondary N) is 1. The number of halogens is 1. The Labute approximate surface area is 106 Å². The lowest BCUT2D eigenvalue weighted by Crippen LogP contribution is -2.24. The zero-order valence-corrected chi connectivity index (χ0v) is 11.7. The molecule has 1 unspecified atom stereocenters. The average Bonchev–Trinajstić information content (AvgIpc) is 2.64. The maximum atomic E-state index is 4.30. The summed E-state index contributed by atoms with van der Waals surface area (Å²) in [4.78, 5) is 0. The van der Waals surface area contributed by atoms with Crippen molar-refractivity contribution in [1.82, 2.24) is 15.1 Å². The predicted molar refractivity (Wildman–Crippen MR) is 72.0 cm³/mol. The lowest BCUT2D eigenvalue weighted by atomic mass is 10.2. The van der Waals surface area contributed by atoms with Gasteiger partial charge in [-0.3, -0.25) is 4.68 Å². The van der Waals surface area contributed by atoms with Crippen molar-refractivity contribution >= 4 is 22.6 Å². The summed E-state index contributed by atoms with van der Waals surface area (Å²) >= 11 is 2.29. The van der Waals surface area contributed by atoms with Gasteiger partial charge in [-0.25, -0.2) is 0 Å². The highest BCUT2D eigenvalue weighted by Crippen LogP contribution is 2.07. The van der Waals surface area contributed by atoms with Crippen LogP contribution in [0.25, 0.3) is 0 Å². The SMILES string of the molecule is CCCCCNCC(C)n1cc(I)cn1. The van der Waals surface area contributed by atoms with Crippen LogP contribution in [0.5, 0.6) is 0 Å². The maximum absolute atomic E-state index is 4.30. The Bertz CT molecular complexity index is 273. The van der Waals surface area contributed by atoms with E-state index in [0.29, 0.717) is 6.04 Å². The van der Waals surface area contributed by atoms with Gasteiger partial charge >= 0.3 is 0 Å². The van der Waals surface area contributed by atoms with Crippen LogP contribution < -0.4 is 5.32 Å². The fraction of sp³-hybridized carbons (Fsp3) is 0.727. The summed E-state index contributed by atoms with van der Waals surface area (Å²) < 4.78 is 3.22. The number of hydrogen-bond donors (Lipinski definition) is 1. The molecule has 0 aliphatic rings. The molecule has 0 radical (unpaired) electrons. The Morgan fingerprint density at radius 3 is 2.93 bits per heavy atom. The summed E-state index contributed by atoms with van der Waals surface area (Å²) in [6, 6.07) is 0.440. The van der Waals surface area contributed by atoms with E-state index in [4.69, 9.17) is 0 Å². The molecule has 0 saturated heterocycles. The molecule has 0 aliphatic heterocycles. The third-order valence-electron chi connectivity index (χ3n) is 2.42. The first kappa shape index (κ1) is 13.0. The van der Waals surface area contributed by atoms with E-state index in [9.17, 15) is 0 Å². The van der Waals surface area contributed by atoms with Gasteiger partial charge in [-0.2, -0.15) is 5.10 Å². The number of aromatic nitrogens is 2. The second kappa shape index (κ2) is 7.22. The van der Waals surface area contributed by atoms with E-state index in [0.717, 1.165) is 13.1 Å². The number of unbranched alkanes of at least 4 members (excludes halogenated alkanes) is 2. The standard InChI is InChI=1S/C11H20IN3/c1-3-4-5-6-13-7-10(2)15-9-11(12)8-14-15/h8-10,13H,3-7H2,1-2H3. The first-order valence-corrected chi connectivity index (χ1v) is 6.72. The van der Waals surface area contributed by atoms with Crippen molar-refractivity contribution in [3.8, 4) is 0 Å². The molecule has 1 rings (SSSR count). The number of hydrogen-bond acceptors (Lipinski definition) is 2. The lowest BCUT2D eigenvalue weighted by molar-refractivity contribution is 0.449. The van der Waals surface area contributed by atoms with Crippen LogP contribution in [0.3, 0.4) is 0 Å². The molecule has 1 aromatic heterocycles. The molecule has 0 fully saturated rings. The normalized spacial score (nSPS) is 13.0. The van der Waals surface area contributed by atoms with Gasteiger partial charge < -0.3 is 5.32 Å². The van der Waals surface area contributed by atoms with Crippen molar-refractivity contribution in [3.05, 3.63) is 16.0 Å². The van der Waals surface area contributed by atoms with E-state index >= 15 is 0 Å². The van der Waals surface area contributed by atoms with Gasteiger partial charge in [-0.1, -0.05) is 19.8 Å². The molecule has 15 heavy (non-hydrogen) atoms. The van der Waals surface area contributed by atoms with Crippen molar-refractivity contribution in [3.63, 3.8) is 0 Å². The van der Waals surface area contributed by atoms with Crippen LogP contribution in [0, 0.1) is 3.57 Å². The van der Waals surface area contributed by atoms with E-state index in [1.54, 1.807) is 0 Å². The highest BCUT2D eigenvalue weighted by molar-refractivity contribution is 14.1. The first-order chi connectivity index (χ1) is 7.24. The number of nitrogens with zero attached hydrogens (tertiary/aromatic N) is 2. The maximum Gasteiger partial charge on any atom is 0.0623 e. The minimum atomic E-state index is 0.440. The smallest absolute Gasteiger partial charge is 0.0623 e. The highest BCUT2D eigenvalue weighted by Gasteiger charge is 2.04. The van der Waals surface area contributed by atoms with Gasteiger partial charge in [0, 0.05) is 12.7 Å². The fourth-order valence-corrected chi connectivity index (χ4v) is 1.87. The molecule has 1 heterocycles. The third-order valence-corrected chi connectivity index (χ3v) is 2.98. The van der Waals surface area contributed by atoms with Crippen molar-refractivity contribution in [2.45, 2.75) is 39.2 Å². The molecule has 1 atom stereocenters. The average molecular weight is 321 g/mol. The molecule has 0 aromatic carbocycles. The number of rotatable bonds is 7. The topological polar surface area (TPSA) is 29.9 Å². The van der Waals surface area contributed by atoms with E-state index in [-0.39, 0.29) is 0 Å². The summed E-state index contributed by atoms with van der Waals surface area (Å²) in [6.07, 6.45) is 7.86. The van der Waals surface area contributed by atoms with Crippen LogP contribution >= 0.6 is 22.6 Å². The van der Waals surface area contributed by atoms with Crippen LogP contribution in [0.1, 0.15) is 39.2 Å². The summed E-state index contributed by atoms with van der Waals surface area (Å²) in [5.41, 5.74) is 0. The molecule has 1 N–H and O–H groups in total. The van der Waals surface area contributed by atoms with Crippen LogP contribution in [-0.4, -0.2) is 22.9 Å². The lowest BCUT2D eigenvalue weighted by Gasteiger charge is -2.12. The quantitative estimate of drug-likeness (QED) is 0.618. The zero-order valence-electron chi connectivity index (χ0n) is 9.54. The largest absolute Gasteiger partial charge is 0.315 e. The zero-order chi connectivity index (χ0) is 11.1. The second-order valence-electron chi connectivity index (χ2n) is 3.90. The van der Waals surface area contributed by atoms with Crippen LogP contribution in [0.15, 0.2) is 12.4 Å². The molecule has 0 spiro atoms. The van der Waals surface area contributed by atoms with E-state index in [1.165, 1.54) is 22.8 Å². The monoisotopic (exact) mass is 321 g/mol. The molecule has 3 nitrogen and oxygen atoms in total. The Hall–Kier alpha value is -0.100. The molecular weight excluding hydrogens is 301 g/mol. The van der Waals surface area contributed by atoms with Gasteiger partial charge in [0.25, 0.3) is 0 Å². The summed E-state index contributed by atoms with van der Waals surface area (Å²) in [5.74, 6) is 0. The molecule has 1 aromatic rings. The van der Waals surface area contributed by atoms with Crippen LogP contribution in [-0.2, 0) is 0 Å². The highest BCUT2D eigenvalue weighted by atomic mass is 127. The van der Waals surface area contributed by atoms with Gasteiger partial charge in [-0.15, -0.1) is 0 Å². The fourth-order valence-electron chi connectivity index (χ4n) is 1.46. The van der Waals surface area contributed by atoms with Crippen LogP contribution in [0.4, 0.5) is 0 Å². The van der Waals surface area contributed by atoms with E-state index in [1.807, 2.05) is 10.9 Å². The van der Waals surface area contributed by atoms with Gasteiger partial charge in [0.1, 0.15) is 0 Å². The summed E-state index contributed by atoms with van der Waals surface area (Å²) in [6.45, 7) is 6.54. The van der Waals surface area contributed by atoms with E-state index < -0.39 is 0 Å². The summed E-state index contributed by atoms with van der Waals surface area (Å²) in [5, 5.41) is 7.76. The second-order valence-corrected chi connectivity index (χ2v) is 5.14. The van der Waals surface area contributed by atoms with Gasteiger partial charge in [0.15, 0.2) is 0 Å². The molecule has 86 valence electrons. The first-order valence-electron chi connectivity index (χ1n) is 5.64. The van der Waals surface area contributed by atoms with Crippen molar-refractivity contribution in [1.29, 1.82) is 0 Å². The van der Waals surface area contributed by atoms with Crippen molar-refractivity contribution in [2.75, 3.05) is 13.1 Å². The molecule has 0 saturated carbocycles. The van der Waals surface area contributed by atoms with Gasteiger partial charge in [0.2, 0.25) is 0 Å². The summed E-state index contributed by atoms with van der Waals surface area (Å²) in [7, 11) is 0. The molecule has 4 heteroatoms. The minimum Gasteiger partial charge on any atom is -0.315 e. The Morgan fingerprint density at radius 2 is 2.33 bits per heavy atom. The van der Waals surface area contributed by atoms with Gasteiger partial charge in [-0.05, 0) is 42.5 Å². The molecule has 0 aliphatic carbocycles. The van der Waals surface area contributed by atoms with Crippen LogP contribution in [0.2, 0.25) is 0 Å². The Kier molecular flexibility index (Phi) is 6.24. The minimum absolute atomic E-state index is 0.440. The predicted octanol–water partition coefficient (Wildman–Crippen LogP) is 2.83. The Balaban J connectivity index is 2.16. The van der Waals surface area contributed by atoms with Crippen molar-refractivity contribution in [2.24, 2.45) is 0 Å². The molecule has 0 bridgehead atoms. The third kappa shape index (κ3) is 4.97.